The van der Waals surface area contributed by atoms with E-state index >= 15 is 0 Å². The molecule has 0 spiro atoms. The summed E-state index contributed by atoms with van der Waals surface area (Å²) in [7, 11) is 0. The lowest BCUT2D eigenvalue weighted by Crippen LogP contribution is -2.24. The fourth-order valence-corrected chi connectivity index (χ4v) is 4.21. The Morgan fingerprint density at radius 3 is 2.48 bits per heavy atom. The number of fused-ring (bicyclic) bond motifs is 3. The maximum absolute atomic E-state index is 13.8. The maximum atomic E-state index is 13.8. The molecule has 0 radical (unpaired) electrons. The van der Waals surface area contributed by atoms with Crippen molar-refractivity contribution in [3.63, 3.8) is 0 Å². The van der Waals surface area contributed by atoms with Crippen LogP contribution in [0.2, 0.25) is 0 Å². The molecule has 5 heteroatoms. The SMILES string of the molecule is CCOC(=O)C1C=NCCc2c1n(C(=O)c1ccc(C(C)(C)C)cc1)c1ccccc21. The molecule has 1 unspecified atom stereocenters. The molecule has 0 aliphatic carbocycles. The summed E-state index contributed by atoms with van der Waals surface area (Å²) in [5.41, 5.74) is 4.22. The number of aliphatic imine (C=N–C) groups is 1. The summed E-state index contributed by atoms with van der Waals surface area (Å²) in [4.78, 5) is 31.0. The minimum absolute atomic E-state index is 0.00424. The number of esters is 1. The summed E-state index contributed by atoms with van der Waals surface area (Å²) >= 11 is 0. The number of nitrogens with zero attached hydrogens (tertiary/aromatic N) is 2. The molecular formula is C26H28N2O3. The zero-order valence-corrected chi connectivity index (χ0v) is 18.5. The number of ether oxygens (including phenoxy) is 1. The number of hydrogen-bond donors (Lipinski definition) is 0. The average molecular weight is 417 g/mol. The molecule has 0 saturated heterocycles. The molecule has 1 aliphatic rings. The van der Waals surface area contributed by atoms with Crippen LogP contribution in [0.15, 0.2) is 53.5 Å². The lowest BCUT2D eigenvalue weighted by atomic mass is 9.86. The normalized spacial score (nSPS) is 16.1. The monoisotopic (exact) mass is 416 g/mol. The maximum Gasteiger partial charge on any atom is 0.320 e. The Bertz CT molecular complexity index is 1160. The second-order valence-electron chi connectivity index (χ2n) is 8.88. The number of aromatic nitrogens is 1. The molecule has 2 aromatic carbocycles. The standard InChI is InChI=1S/C26H28N2O3/c1-5-31-25(30)21-16-27-15-14-20-19-8-6-7-9-22(19)28(23(20)21)24(29)17-10-12-18(13-11-17)26(2,3)4/h6-13,16,21H,5,14-15H2,1-4H3. The van der Waals surface area contributed by atoms with E-state index in [1.165, 1.54) is 0 Å². The van der Waals surface area contributed by atoms with Gasteiger partial charge in [0.05, 0.1) is 12.1 Å². The van der Waals surface area contributed by atoms with E-state index in [4.69, 9.17) is 4.74 Å². The highest BCUT2D eigenvalue weighted by Gasteiger charge is 2.33. The van der Waals surface area contributed by atoms with Crippen LogP contribution < -0.4 is 0 Å². The molecule has 1 atom stereocenters. The molecule has 4 rings (SSSR count). The smallest absolute Gasteiger partial charge is 0.320 e. The van der Waals surface area contributed by atoms with Gasteiger partial charge in [0.1, 0.15) is 5.92 Å². The van der Waals surface area contributed by atoms with Gasteiger partial charge in [0.25, 0.3) is 5.91 Å². The molecule has 31 heavy (non-hydrogen) atoms. The molecule has 0 bridgehead atoms. The first-order chi connectivity index (χ1) is 14.8. The van der Waals surface area contributed by atoms with Gasteiger partial charge in [0.15, 0.2) is 0 Å². The molecule has 0 N–H and O–H groups in total. The van der Waals surface area contributed by atoms with Gasteiger partial charge in [-0.15, -0.1) is 0 Å². The van der Waals surface area contributed by atoms with Crippen molar-refractivity contribution < 1.29 is 14.3 Å². The quantitative estimate of drug-likeness (QED) is 0.571. The first kappa shape index (κ1) is 21.0. The molecular weight excluding hydrogens is 388 g/mol. The van der Waals surface area contributed by atoms with Crippen molar-refractivity contribution in [1.29, 1.82) is 0 Å². The van der Waals surface area contributed by atoms with E-state index in [2.05, 4.69) is 25.8 Å². The molecule has 1 aliphatic heterocycles. The fourth-order valence-electron chi connectivity index (χ4n) is 4.21. The van der Waals surface area contributed by atoms with Crippen LogP contribution in [0.5, 0.6) is 0 Å². The lowest BCUT2D eigenvalue weighted by molar-refractivity contribution is -0.143. The van der Waals surface area contributed by atoms with Crippen LogP contribution in [0, 0.1) is 0 Å². The molecule has 160 valence electrons. The van der Waals surface area contributed by atoms with Gasteiger partial charge in [0.2, 0.25) is 0 Å². The third-order valence-electron chi connectivity index (χ3n) is 5.80. The van der Waals surface area contributed by atoms with Crippen LogP contribution in [-0.4, -0.2) is 35.8 Å². The number of rotatable bonds is 3. The Morgan fingerprint density at radius 2 is 1.81 bits per heavy atom. The number of benzene rings is 2. The Balaban J connectivity index is 1.91. The number of carbonyl (C=O) groups is 2. The van der Waals surface area contributed by atoms with E-state index < -0.39 is 5.92 Å². The van der Waals surface area contributed by atoms with Crippen LogP contribution >= 0.6 is 0 Å². The van der Waals surface area contributed by atoms with Crippen LogP contribution in [0.3, 0.4) is 0 Å². The zero-order chi connectivity index (χ0) is 22.2. The van der Waals surface area contributed by atoms with Gasteiger partial charge in [-0.25, -0.2) is 0 Å². The largest absolute Gasteiger partial charge is 0.465 e. The molecule has 0 fully saturated rings. The lowest BCUT2D eigenvalue weighted by Gasteiger charge is -2.19. The molecule has 1 aromatic heterocycles. The Labute approximate surface area is 182 Å². The van der Waals surface area contributed by atoms with Gasteiger partial charge in [-0.2, -0.15) is 0 Å². The predicted molar refractivity (Wildman–Crippen MR) is 123 cm³/mol. The highest BCUT2D eigenvalue weighted by Crippen LogP contribution is 2.34. The Kier molecular flexibility index (Phi) is 5.52. The summed E-state index contributed by atoms with van der Waals surface area (Å²) in [5.74, 6) is -1.24. The summed E-state index contributed by atoms with van der Waals surface area (Å²) in [6, 6.07) is 15.6. The summed E-state index contributed by atoms with van der Waals surface area (Å²) in [6.07, 6.45) is 2.31. The third-order valence-corrected chi connectivity index (χ3v) is 5.80. The molecule has 0 saturated carbocycles. The molecule has 0 amide bonds. The average Bonchev–Trinajstić information content (AvgIpc) is 2.91. The second kappa shape index (κ2) is 8.14. The number of hydrogen-bond acceptors (Lipinski definition) is 4. The van der Waals surface area contributed by atoms with Crippen LogP contribution in [0.25, 0.3) is 10.9 Å². The second-order valence-corrected chi connectivity index (χ2v) is 8.88. The highest BCUT2D eigenvalue weighted by atomic mass is 16.5. The highest BCUT2D eigenvalue weighted by molar-refractivity contribution is 6.07. The zero-order valence-electron chi connectivity index (χ0n) is 18.5. The van der Waals surface area contributed by atoms with E-state index in [1.54, 1.807) is 17.7 Å². The van der Waals surface area contributed by atoms with Gasteiger partial charge in [-0.3, -0.25) is 19.1 Å². The van der Waals surface area contributed by atoms with Crippen molar-refractivity contribution in [3.05, 3.63) is 70.9 Å². The van der Waals surface area contributed by atoms with Crippen LogP contribution in [0.1, 0.15) is 60.8 Å². The van der Waals surface area contributed by atoms with Crippen molar-refractivity contribution >= 4 is 29.0 Å². The molecule has 2 heterocycles. The number of para-hydroxylation sites is 1. The van der Waals surface area contributed by atoms with Crippen molar-refractivity contribution in [2.24, 2.45) is 4.99 Å². The van der Waals surface area contributed by atoms with E-state index in [0.29, 0.717) is 24.2 Å². The van der Waals surface area contributed by atoms with Crippen LogP contribution in [-0.2, 0) is 21.4 Å². The Morgan fingerprint density at radius 1 is 1.10 bits per heavy atom. The topological polar surface area (TPSA) is 60.7 Å². The van der Waals surface area contributed by atoms with Gasteiger partial charge in [0, 0.05) is 29.4 Å². The van der Waals surface area contributed by atoms with Crippen molar-refractivity contribution in [1.82, 2.24) is 4.57 Å². The number of carbonyl (C=O) groups excluding carboxylic acids is 2. The van der Waals surface area contributed by atoms with Gasteiger partial charge in [-0.1, -0.05) is 51.1 Å². The van der Waals surface area contributed by atoms with Gasteiger partial charge >= 0.3 is 5.97 Å². The fraction of sp³-hybridized carbons (Fsp3) is 0.346. The third kappa shape index (κ3) is 3.80. The van der Waals surface area contributed by atoms with E-state index in [-0.39, 0.29) is 23.9 Å². The first-order valence-electron chi connectivity index (χ1n) is 10.8. The first-order valence-corrected chi connectivity index (χ1v) is 10.8. The predicted octanol–water partition coefficient (Wildman–Crippen LogP) is 4.90. The minimum Gasteiger partial charge on any atom is -0.465 e. The van der Waals surface area contributed by atoms with E-state index in [9.17, 15) is 9.59 Å². The van der Waals surface area contributed by atoms with E-state index in [0.717, 1.165) is 22.0 Å². The van der Waals surface area contributed by atoms with Gasteiger partial charge in [-0.05, 0) is 48.1 Å². The summed E-state index contributed by atoms with van der Waals surface area (Å²) in [5, 5.41) is 0.983. The summed E-state index contributed by atoms with van der Waals surface area (Å²) < 4.78 is 7.02. The van der Waals surface area contributed by atoms with Crippen molar-refractivity contribution in [2.45, 2.75) is 45.4 Å². The van der Waals surface area contributed by atoms with Crippen molar-refractivity contribution in [3.8, 4) is 0 Å². The molecule has 3 aromatic rings. The van der Waals surface area contributed by atoms with Crippen LogP contribution in [0.4, 0.5) is 0 Å². The van der Waals surface area contributed by atoms with Crippen molar-refractivity contribution in [2.75, 3.05) is 13.2 Å². The Hall–Kier alpha value is -3.21. The summed E-state index contributed by atoms with van der Waals surface area (Å²) in [6.45, 7) is 9.07. The van der Waals surface area contributed by atoms with Gasteiger partial charge < -0.3 is 4.74 Å². The minimum atomic E-state index is -0.706. The van der Waals surface area contributed by atoms with E-state index in [1.807, 2.05) is 48.5 Å². The molecule has 5 nitrogen and oxygen atoms in total.